The number of thiophene rings is 2. The van der Waals surface area contributed by atoms with E-state index in [2.05, 4.69) is 54.4 Å². The first-order chi connectivity index (χ1) is 35.9. The number of hydrogen-bond acceptors (Lipinski definition) is 12. The van der Waals surface area contributed by atoms with Crippen LogP contribution < -0.4 is 9.80 Å². The summed E-state index contributed by atoms with van der Waals surface area (Å²) in [7, 11) is -3.75. The van der Waals surface area contributed by atoms with E-state index in [1.54, 1.807) is 34.4 Å². The number of sulfonamides is 1. The van der Waals surface area contributed by atoms with E-state index in [0.717, 1.165) is 92.7 Å². The van der Waals surface area contributed by atoms with Crippen LogP contribution in [0.4, 0.5) is 11.4 Å². The normalized spacial score (nSPS) is 22.6. The van der Waals surface area contributed by atoms with Gasteiger partial charge in [0, 0.05) is 70.4 Å². The first kappa shape index (κ1) is 59.1. The molecule has 0 unspecified atom stereocenters. The van der Waals surface area contributed by atoms with Crippen molar-refractivity contribution in [3.8, 4) is 23.7 Å². The number of aryl methyl sites for hydroxylation is 1. The van der Waals surface area contributed by atoms with Crippen molar-refractivity contribution in [1.82, 2.24) is 14.3 Å². The number of carbonyl (C=O) groups is 4. The Kier molecular flexibility index (Phi) is 19.8. The van der Waals surface area contributed by atoms with Gasteiger partial charge in [-0.2, -0.15) is 4.31 Å². The number of thiazole rings is 1. The number of thioether (sulfide) groups is 1. The summed E-state index contributed by atoms with van der Waals surface area (Å²) in [5, 5.41) is 20.7. The smallest absolute Gasteiger partial charge is 0.348 e. The van der Waals surface area contributed by atoms with Gasteiger partial charge in [0.1, 0.15) is 14.1 Å². The van der Waals surface area contributed by atoms with Crippen LogP contribution in [0.2, 0.25) is 0 Å². The maximum absolute atomic E-state index is 14.1. The van der Waals surface area contributed by atoms with Crippen molar-refractivity contribution in [3.05, 3.63) is 67.1 Å². The molecule has 5 heterocycles. The second-order valence-corrected chi connectivity index (χ2v) is 30.0. The van der Waals surface area contributed by atoms with Gasteiger partial charge in [-0.3, -0.25) is 9.59 Å². The van der Waals surface area contributed by atoms with E-state index in [1.165, 1.54) is 32.8 Å². The number of hydrogen-bond donors (Lipinski definition) is 2. The fourth-order valence-electron chi connectivity index (χ4n) is 10.4. The van der Waals surface area contributed by atoms with E-state index >= 15 is 0 Å². The number of anilines is 2. The molecular weight excluding hydrogens is 1050 g/mol. The number of pyridine rings is 1. The van der Waals surface area contributed by atoms with E-state index in [4.69, 9.17) is 0 Å². The quantitative estimate of drug-likeness (QED) is 0.129. The van der Waals surface area contributed by atoms with Gasteiger partial charge in [-0.05, 0) is 174 Å². The van der Waals surface area contributed by atoms with Gasteiger partial charge in [-0.1, -0.05) is 55.4 Å². The molecule has 2 amide bonds. The molecule has 18 heteroatoms. The molecule has 4 fully saturated rings. The van der Waals surface area contributed by atoms with Crippen molar-refractivity contribution in [2.45, 2.75) is 179 Å². The average Bonchev–Trinajstić information content (AvgIpc) is 4.14. The number of piperidine rings is 1. The molecule has 0 bridgehead atoms. The van der Waals surface area contributed by atoms with Crippen molar-refractivity contribution in [2.24, 2.45) is 34.5 Å². The highest BCUT2D eigenvalue weighted by Gasteiger charge is 2.41. The molecule has 13 nitrogen and oxygen atoms in total. The van der Waals surface area contributed by atoms with Gasteiger partial charge in [0.25, 0.3) is 10.0 Å². The summed E-state index contributed by atoms with van der Waals surface area (Å²) in [6.45, 7) is 19.0. The fourth-order valence-corrected chi connectivity index (χ4v) is 15.8. The lowest BCUT2D eigenvalue weighted by Crippen LogP contribution is -2.51. The number of carboxylic acids is 2. The topological polar surface area (TPSA) is 178 Å². The molecule has 1 aliphatic heterocycles. The molecule has 1 saturated heterocycles. The SMILES string of the molecule is CC1CCC(C(=O)N(c2cc(C#CC(C)(C)C)sc2C(=O)O)C2CCN(S(=O)(=O)c3ccccn3)CC2)CC1.Cc1cnc(SC2CCC(N(C(=O)C3CCC(C)CC3)c3cc(C#CC(C)(C)C)sc3C(=O)O)CC2)s1. The van der Waals surface area contributed by atoms with Gasteiger partial charge in [-0.15, -0.1) is 34.0 Å². The molecule has 410 valence electrons. The minimum Gasteiger partial charge on any atom is -0.477 e. The first-order valence-corrected chi connectivity index (χ1v) is 31.6. The van der Waals surface area contributed by atoms with Crippen LogP contribution in [0.15, 0.2) is 52.1 Å². The zero-order chi connectivity index (χ0) is 55.1. The van der Waals surface area contributed by atoms with E-state index < -0.39 is 22.0 Å². The first-order valence-electron chi connectivity index (χ1n) is 26.8. The van der Waals surface area contributed by atoms with Crippen LogP contribution >= 0.6 is 45.8 Å². The van der Waals surface area contributed by atoms with Crippen molar-refractivity contribution in [1.29, 1.82) is 0 Å². The van der Waals surface area contributed by atoms with E-state index in [-0.39, 0.29) is 74.4 Å². The third kappa shape index (κ3) is 15.6. The summed E-state index contributed by atoms with van der Waals surface area (Å²) in [4.78, 5) is 67.8. The summed E-state index contributed by atoms with van der Waals surface area (Å²) in [5.74, 6) is 11.6. The van der Waals surface area contributed by atoms with Gasteiger partial charge in [0.05, 0.1) is 21.1 Å². The Morgan fingerprint density at radius 2 is 1.12 bits per heavy atom. The van der Waals surface area contributed by atoms with Crippen LogP contribution in [0.3, 0.4) is 0 Å². The van der Waals surface area contributed by atoms with Gasteiger partial charge in [0.15, 0.2) is 5.03 Å². The Hall–Kier alpha value is -4.56. The molecule has 8 rings (SSSR count). The lowest BCUT2D eigenvalue weighted by atomic mass is 9.81. The van der Waals surface area contributed by atoms with Crippen LogP contribution in [0.25, 0.3) is 0 Å². The monoisotopic (exact) mass is 1130 g/mol. The van der Waals surface area contributed by atoms with E-state index in [0.29, 0.717) is 51.1 Å². The Morgan fingerprint density at radius 3 is 1.51 bits per heavy atom. The third-order valence-corrected chi connectivity index (χ3v) is 20.8. The molecule has 3 saturated carbocycles. The Balaban J connectivity index is 0.000000221. The number of amides is 2. The predicted octanol–water partition coefficient (Wildman–Crippen LogP) is 13.1. The van der Waals surface area contributed by atoms with Crippen molar-refractivity contribution >= 4 is 90.9 Å². The summed E-state index contributed by atoms with van der Waals surface area (Å²) in [6, 6.07) is 8.07. The van der Waals surface area contributed by atoms with Gasteiger partial charge in [-0.25, -0.2) is 28.0 Å². The highest BCUT2D eigenvalue weighted by Crippen LogP contribution is 2.43. The lowest BCUT2D eigenvalue weighted by molar-refractivity contribution is -0.125. The maximum Gasteiger partial charge on any atom is 0.348 e. The fraction of sp³-hybridized carbons (Fsp3) is 0.586. The maximum atomic E-state index is 14.1. The number of carboxylic acid groups (broad SMARTS) is 2. The predicted molar refractivity (Wildman–Crippen MR) is 307 cm³/mol. The number of aromatic nitrogens is 2. The summed E-state index contributed by atoms with van der Waals surface area (Å²) < 4.78 is 28.8. The molecule has 4 aliphatic rings. The molecular formula is C58H75N5O8S5. The Bertz CT molecular complexity index is 2920. The standard InChI is InChI=1S/C29H37N3O5S2.C29H38N2O3S3/c1-20-8-10-21(11-9-20)27(33)32(24-19-23(12-15-29(2,3)4)38-26(24)28(34)35)22-13-17-31(18-14-22)39(36,37)25-7-5-6-16-30-25;1-18-6-8-20(9-7-18)26(32)31(21-10-12-22(13-11-21)37-28-30-17-19(2)35-28)24-16-23(14-15-29(3,4)5)36-25(24)27(33)34/h5-7,16,19-22H,8-11,13-14,17-18H2,1-4H3,(H,34,35);16-18,20-22H,6-13H2,1-5H3,(H,33,34). The second-order valence-electron chi connectivity index (χ2n) is 23.2. The lowest BCUT2D eigenvalue weighted by Gasteiger charge is -2.40. The molecule has 76 heavy (non-hydrogen) atoms. The molecule has 0 radical (unpaired) electrons. The minimum atomic E-state index is -3.75. The van der Waals surface area contributed by atoms with E-state index in [9.17, 15) is 37.8 Å². The molecule has 4 aromatic rings. The average molecular weight is 1130 g/mol. The van der Waals surface area contributed by atoms with Gasteiger partial charge >= 0.3 is 11.9 Å². The van der Waals surface area contributed by atoms with Crippen LogP contribution in [0.5, 0.6) is 0 Å². The zero-order valence-corrected chi connectivity index (χ0v) is 49.6. The van der Waals surface area contributed by atoms with Crippen molar-refractivity contribution in [3.63, 3.8) is 0 Å². The summed E-state index contributed by atoms with van der Waals surface area (Å²) >= 11 is 5.86. The molecule has 3 aliphatic carbocycles. The summed E-state index contributed by atoms with van der Waals surface area (Å²) in [5.41, 5.74) is 0.480. The van der Waals surface area contributed by atoms with Gasteiger partial charge in [0.2, 0.25) is 11.8 Å². The Labute approximate surface area is 467 Å². The molecule has 0 atom stereocenters. The highest BCUT2D eigenvalue weighted by molar-refractivity contribution is 8.01. The molecule has 4 aromatic heterocycles. The Morgan fingerprint density at radius 1 is 0.658 bits per heavy atom. The molecule has 2 N–H and O–H groups in total. The molecule has 0 spiro atoms. The highest BCUT2D eigenvalue weighted by atomic mass is 32.2. The number of nitrogens with zero attached hydrogens (tertiary/aromatic N) is 5. The third-order valence-electron chi connectivity index (χ3n) is 14.6. The van der Waals surface area contributed by atoms with Crippen LogP contribution in [-0.4, -0.2) is 87.1 Å². The summed E-state index contributed by atoms with van der Waals surface area (Å²) in [6.07, 6.45) is 15.2. The zero-order valence-electron chi connectivity index (χ0n) is 45.5. The van der Waals surface area contributed by atoms with Crippen LogP contribution in [0, 0.1) is 65.1 Å². The van der Waals surface area contributed by atoms with Crippen LogP contribution in [0.1, 0.15) is 179 Å². The van der Waals surface area contributed by atoms with Crippen molar-refractivity contribution in [2.75, 3.05) is 22.9 Å². The molecule has 0 aromatic carbocycles. The van der Waals surface area contributed by atoms with Crippen molar-refractivity contribution < 1.29 is 37.8 Å². The van der Waals surface area contributed by atoms with Crippen LogP contribution in [-0.2, 0) is 19.6 Å². The minimum absolute atomic E-state index is 0.000713. The second kappa shape index (κ2) is 25.5. The van der Waals surface area contributed by atoms with E-state index in [1.807, 2.05) is 70.5 Å². The number of rotatable bonds is 12. The largest absolute Gasteiger partial charge is 0.477 e. The number of aromatic carboxylic acids is 2. The van der Waals surface area contributed by atoms with Gasteiger partial charge < -0.3 is 20.0 Å². The number of carbonyl (C=O) groups excluding carboxylic acids is 2.